The number of aryl methyl sites for hydroxylation is 2. The van der Waals surface area contributed by atoms with Crippen molar-refractivity contribution < 1.29 is 0 Å². The summed E-state index contributed by atoms with van der Waals surface area (Å²) in [6.07, 6.45) is 1.97. The first-order valence-electron chi connectivity index (χ1n) is 5.82. The molecular formula is C16H17N. The Hall–Kier alpha value is -2.02. The fraction of sp³-hybridized carbons (Fsp3) is 0.125. The van der Waals surface area contributed by atoms with Crippen molar-refractivity contribution in [1.82, 2.24) is 4.98 Å². The van der Waals surface area contributed by atoms with Gasteiger partial charge in [0, 0.05) is 17.1 Å². The minimum atomic E-state index is 1.22. The molecular weight excluding hydrogens is 206 g/mol. The Kier molecular flexibility index (Phi) is 3.61. The Morgan fingerprint density at radius 1 is 0.765 bits per heavy atom. The lowest BCUT2D eigenvalue weighted by molar-refractivity contribution is 1.47. The molecule has 0 saturated heterocycles. The molecule has 86 valence electrons. The third-order valence-corrected chi connectivity index (χ3v) is 2.75. The maximum absolute atomic E-state index is 3.16. The molecule has 17 heavy (non-hydrogen) atoms. The van der Waals surface area contributed by atoms with Crippen LogP contribution in [0.1, 0.15) is 11.1 Å². The molecule has 1 aromatic heterocycles. The van der Waals surface area contributed by atoms with E-state index in [1.165, 1.54) is 22.0 Å². The maximum atomic E-state index is 3.16. The number of benzene rings is 2. The van der Waals surface area contributed by atoms with Crippen LogP contribution in [0.4, 0.5) is 0 Å². The third kappa shape index (κ3) is 2.97. The molecule has 3 rings (SSSR count). The van der Waals surface area contributed by atoms with Crippen LogP contribution in [0.15, 0.2) is 60.8 Å². The summed E-state index contributed by atoms with van der Waals surface area (Å²) in [6, 6.07) is 18.6. The van der Waals surface area contributed by atoms with E-state index in [4.69, 9.17) is 0 Å². The summed E-state index contributed by atoms with van der Waals surface area (Å²) >= 11 is 0. The van der Waals surface area contributed by atoms with Crippen LogP contribution in [-0.4, -0.2) is 4.98 Å². The van der Waals surface area contributed by atoms with Gasteiger partial charge in [-0.2, -0.15) is 0 Å². The molecule has 1 nitrogen and oxygen atoms in total. The second-order valence-electron chi connectivity index (χ2n) is 4.17. The molecule has 0 amide bonds. The Labute approximate surface area is 102 Å². The largest absolute Gasteiger partial charge is 0.361 e. The zero-order valence-corrected chi connectivity index (χ0v) is 10.3. The summed E-state index contributed by atoms with van der Waals surface area (Å²) in [6.45, 7) is 4.20. The predicted octanol–water partition coefficient (Wildman–Crippen LogP) is 4.47. The molecule has 0 fully saturated rings. The third-order valence-electron chi connectivity index (χ3n) is 2.75. The average molecular weight is 223 g/mol. The lowest BCUT2D eigenvalue weighted by atomic mass is 10.1. The molecule has 1 heteroatoms. The zero-order chi connectivity index (χ0) is 12.1. The number of H-pyrrole nitrogens is 1. The van der Waals surface area contributed by atoms with Gasteiger partial charge in [-0.3, -0.25) is 0 Å². The van der Waals surface area contributed by atoms with Gasteiger partial charge in [0.25, 0.3) is 0 Å². The van der Waals surface area contributed by atoms with E-state index >= 15 is 0 Å². The highest BCUT2D eigenvalue weighted by molar-refractivity contribution is 5.82. The van der Waals surface area contributed by atoms with Crippen molar-refractivity contribution >= 4 is 10.9 Å². The molecule has 0 atom stereocenters. The van der Waals surface area contributed by atoms with Gasteiger partial charge in [-0.15, -0.1) is 0 Å². The number of nitrogens with one attached hydrogen (secondary N) is 1. The van der Waals surface area contributed by atoms with Gasteiger partial charge in [0.05, 0.1) is 0 Å². The minimum absolute atomic E-state index is 1.22. The maximum Gasteiger partial charge on any atom is 0.0456 e. The zero-order valence-electron chi connectivity index (χ0n) is 10.3. The number of aromatic amines is 1. The van der Waals surface area contributed by atoms with E-state index in [1.807, 2.05) is 24.4 Å². The molecule has 0 aliphatic carbocycles. The van der Waals surface area contributed by atoms with Crippen molar-refractivity contribution in [2.24, 2.45) is 0 Å². The van der Waals surface area contributed by atoms with Crippen molar-refractivity contribution in [3.05, 3.63) is 71.9 Å². The van der Waals surface area contributed by atoms with Crippen LogP contribution in [0.2, 0.25) is 0 Å². The summed E-state index contributed by atoms with van der Waals surface area (Å²) in [5.74, 6) is 0. The summed E-state index contributed by atoms with van der Waals surface area (Å²) in [4.78, 5) is 3.16. The van der Waals surface area contributed by atoms with E-state index in [-0.39, 0.29) is 0 Å². The Bertz CT molecular complexity index is 579. The SMILES string of the molecule is Cc1cccc2[nH]ccc12.Cc1ccccc1. The molecule has 0 aliphatic heterocycles. The van der Waals surface area contributed by atoms with Crippen molar-refractivity contribution in [2.75, 3.05) is 0 Å². The fourth-order valence-corrected chi connectivity index (χ4v) is 1.78. The van der Waals surface area contributed by atoms with Crippen molar-refractivity contribution in [3.8, 4) is 0 Å². The summed E-state index contributed by atoms with van der Waals surface area (Å²) in [5.41, 5.74) is 3.88. The van der Waals surface area contributed by atoms with Gasteiger partial charge in [0.15, 0.2) is 0 Å². The van der Waals surface area contributed by atoms with E-state index in [9.17, 15) is 0 Å². The van der Waals surface area contributed by atoms with E-state index in [1.54, 1.807) is 0 Å². The first-order chi connectivity index (χ1) is 8.27. The molecule has 1 heterocycles. The number of hydrogen-bond donors (Lipinski definition) is 1. The quantitative estimate of drug-likeness (QED) is 0.578. The number of hydrogen-bond acceptors (Lipinski definition) is 0. The van der Waals surface area contributed by atoms with Crippen molar-refractivity contribution in [2.45, 2.75) is 13.8 Å². The topological polar surface area (TPSA) is 15.8 Å². The molecule has 0 aliphatic rings. The van der Waals surface area contributed by atoms with E-state index in [0.29, 0.717) is 0 Å². The van der Waals surface area contributed by atoms with Crippen molar-refractivity contribution in [1.29, 1.82) is 0 Å². The minimum Gasteiger partial charge on any atom is -0.361 e. The number of fused-ring (bicyclic) bond motifs is 1. The Morgan fingerprint density at radius 3 is 2.12 bits per heavy atom. The van der Waals surface area contributed by atoms with Crippen LogP contribution in [0.5, 0.6) is 0 Å². The van der Waals surface area contributed by atoms with Crippen molar-refractivity contribution in [3.63, 3.8) is 0 Å². The molecule has 0 spiro atoms. The van der Waals surface area contributed by atoms with Crippen LogP contribution in [0, 0.1) is 13.8 Å². The molecule has 2 aromatic carbocycles. The fourth-order valence-electron chi connectivity index (χ4n) is 1.78. The molecule has 1 N–H and O–H groups in total. The monoisotopic (exact) mass is 223 g/mol. The molecule has 3 aromatic rings. The standard InChI is InChI=1S/C9H9N.C7H8/c1-7-3-2-4-9-8(7)5-6-10-9;1-7-5-3-2-4-6-7/h2-6,10H,1H3;2-6H,1H3. The normalized spacial score (nSPS) is 9.76. The predicted molar refractivity (Wildman–Crippen MR) is 74.2 cm³/mol. The van der Waals surface area contributed by atoms with Crippen LogP contribution >= 0.6 is 0 Å². The molecule has 0 bridgehead atoms. The Morgan fingerprint density at radius 2 is 1.53 bits per heavy atom. The lowest BCUT2D eigenvalue weighted by Crippen LogP contribution is -1.71. The van der Waals surface area contributed by atoms with Gasteiger partial charge in [-0.1, -0.05) is 48.0 Å². The van der Waals surface area contributed by atoms with Gasteiger partial charge >= 0.3 is 0 Å². The highest BCUT2D eigenvalue weighted by Gasteiger charge is 1.93. The smallest absolute Gasteiger partial charge is 0.0456 e. The van der Waals surface area contributed by atoms with Crippen LogP contribution in [0.25, 0.3) is 10.9 Å². The molecule has 0 saturated carbocycles. The van der Waals surface area contributed by atoms with E-state index in [0.717, 1.165) is 0 Å². The van der Waals surface area contributed by atoms with Gasteiger partial charge in [-0.25, -0.2) is 0 Å². The second-order valence-corrected chi connectivity index (χ2v) is 4.17. The summed E-state index contributed by atoms with van der Waals surface area (Å²) in [5, 5.41) is 1.32. The lowest BCUT2D eigenvalue weighted by Gasteiger charge is -1.92. The second kappa shape index (κ2) is 5.35. The van der Waals surface area contributed by atoms with Crippen LogP contribution < -0.4 is 0 Å². The average Bonchev–Trinajstić information content (AvgIpc) is 2.80. The van der Waals surface area contributed by atoms with Crippen LogP contribution in [0.3, 0.4) is 0 Å². The van der Waals surface area contributed by atoms with Gasteiger partial charge < -0.3 is 4.98 Å². The summed E-state index contributed by atoms with van der Waals surface area (Å²) < 4.78 is 0. The van der Waals surface area contributed by atoms with Gasteiger partial charge in [0.2, 0.25) is 0 Å². The number of rotatable bonds is 0. The highest BCUT2D eigenvalue weighted by Crippen LogP contribution is 2.15. The molecule has 0 unspecified atom stereocenters. The summed E-state index contributed by atoms with van der Waals surface area (Å²) in [7, 11) is 0. The first kappa shape index (κ1) is 11.5. The molecule has 0 radical (unpaired) electrons. The van der Waals surface area contributed by atoms with Gasteiger partial charge in [-0.05, 0) is 31.5 Å². The van der Waals surface area contributed by atoms with E-state index in [2.05, 4.69) is 55.2 Å². The van der Waals surface area contributed by atoms with E-state index < -0.39 is 0 Å². The highest BCUT2D eigenvalue weighted by atomic mass is 14.7. The number of aromatic nitrogens is 1. The van der Waals surface area contributed by atoms with Crippen LogP contribution in [-0.2, 0) is 0 Å². The first-order valence-corrected chi connectivity index (χ1v) is 5.82. The Balaban J connectivity index is 0.000000136. The van der Waals surface area contributed by atoms with Gasteiger partial charge in [0.1, 0.15) is 0 Å².